The molecular formula is C12H10N2O3. The van der Waals surface area contributed by atoms with Gasteiger partial charge in [0.2, 0.25) is 0 Å². The first kappa shape index (κ1) is 10.9. The SMILES string of the molecule is NC(=O)Nc1ccc(-c2ccc(C=O)o2)cc1. The predicted octanol–water partition coefficient (Wildman–Crippen LogP) is 2.25. The molecule has 1 heterocycles. The molecule has 86 valence electrons. The van der Waals surface area contributed by atoms with E-state index in [9.17, 15) is 9.59 Å². The number of carbonyl (C=O) groups is 2. The van der Waals surface area contributed by atoms with Crippen molar-refractivity contribution in [2.75, 3.05) is 5.32 Å². The number of nitrogens with two attached hydrogens (primary N) is 1. The molecule has 2 aromatic rings. The molecule has 0 radical (unpaired) electrons. The van der Waals surface area contributed by atoms with E-state index in [-0.39, 0.29) is 5.76 Å². The van der Waals surface area contributed by atoms with E-state index in [1.54, 1.807) is 36.4 Å². The van der Waals surface area contributed by atoms with Gasteiger partial charge in [0.05, 0.1) is 0 Å². The van der Waals surface area contributed by atoms with Crippen molar-refractivity contribution in [2.24, 2.45) is 5.73 Å². The van der Waals surface area contributed by atoms with Gasteiger partial charge in [-0.2, -0.15) is 0 Å². The van der Waals surface area contributed by atoms with Crippen molar-refractivity contribution in [1.29, 1.82) is 0 Å². The molecule has 1 aromatic carbocycles. The lowest BCUT2D eigenvalue weighted by molar-refractivity contribution is 0.110. The lowest BCUT2D eigenvalue weighted by Crippen LogP contribution is -2.19. The second-order valence-electron chi connectivity index (χ2n) is 3.39. The topological polar surface area (TPSA) is 85.3 Å². The van der Waals surface area contributed by atoms with Crippen LogP contribution in [-0.2, 0) is 0 Å². The van der Waals surface area contributed by atoms with Gasteiger partial charge in [0.1, 0.15) is 5.76 Å². The molecule has 0 aliphatic heterocycles. The standard InChI is InChI=1S/C12H10N2O3/c13-12(16)14-9-3-1-8(2-4-9)11-6-5-10(7-15)17-11/h1-7H,(H3,13,14,16). The Labute approximate surface area is 97.2 Å². The Kier molecular flexibility index (Phi) is 2.91. The number of hydrogen-bond acceptors (Lipinski definition) is 3. The average Bonchev–Trinajstić information content (AvgIpc) is 2.78. The van der Waals surface area contributed by atoms with Crippen molar-refractivity contribution >= 4 is 18.0 Å². The molecule has 0 bridgehead atoms. The molecule has 3 N–H and O–H groups in total. The van der Waals surface area contributed by atoms with Gasteiger partial charge < -0.3 is 15.5 Å². The van der Waals surface area contributed by atoms with Gasteiger partial charge in [-0.05, 0) is 36.4 Å². The number of hydrogen-bond donors (Lipinski definition) is 2. The largest absolute Gasteiger partial charge is 0.453 e. The molecule has 0 spiro atoms. The van der Waals surface area contributed by atoms with Crippen molar-refractivity contribution in [3.05, 3.63) is 42.2 Å². The summed E-state index contributed by atoms with van der Waals surface area (Å²) in [6.07, 6.45) is 0.645. The molecule has 0 atom stereocenters. The van der Waals surface area contributed by atoms with E-state index in [1.165, 1.54) is 0 Å². The van der Waals surface area contributed by atoms with Crippen molar-refractivity contribution in [1.82, 2.24) is 0 Å². The van der Waals surface area contributed by atoms with Crippen LogP contribution in [0, 0.1) is 0 Å². The number of anilines is 1. The van der Waals surface area contributed by atoms with Crippen molar-refractivity contribution in [3.63, 3.8) is 0 Å². The molecule has 5 nitrogen and oxygen atoms in total. The summed E-state index contributed by atoms with van der Waals surface area (Å²) in [6.45, 7) is 0. The maximum Gasteiger partial charge on any atom is 0.316 e. The highest BCUT2D eigenvalue weighted by Crippen LogP contribution is 2.23. The lowest BCUT2D eigenvalue weighted by atomic mass is 10.1. The summed E-state index contributed by atoms with van der Waals surface area (Å²) in [6, 6.07) is 9.61. The van der Waals surface area contributed by atoms with Gasteiger partial charge in [-0.15, -0.1) is 0 Å². The summed E-state index contributed by atoms with van der Waals surface area (Å²) < 4.78 is 5.26. The zero-order valence-corrected chi connectivity index (χ0v) is 8.84. The highest BCUT2D eigenvalue weighted by molar-refractivity contribution is 5.88. The quantitative estimate of drug-likeness (QED) is 0.793. The zero-order valence-electron chi connectivity index (χ0n) is 8.84. The first-order valence-corrected chi connectivity index (χ1v) is 4.91. The second-order valence-corrected chi connectivity index (χ2v) is 3.39. The minimum atomic E-state index is -0.612. The Morgan fingerprint density at radius 3 is 2.41 bits per heavy atom. The third-order valence-corrected chi connectivity index (χ3v) is 2.18. The summed E-state index contributed by atoms with van der Waals surface area (Å²) in [5.74, 6) is 0.872. The number of furan rings is 1. The number of amides is 2. The monoisotopic (exact) mass is 230 g/mol. The molecule has 0 unspecified atom stereocenters. The Morgan fingerprint density at radius 1 is 1.18 bits per heavy atom. The number of primary amides is 1. The molecule has 0 saturated heterocycles. The van der Waals surface area contributed by atoms with Crippen LogP contribution in [0.25, 0.3) is 11.3 Å². The molecule has 5 heteroatoms. The molecule has 0 fully saturated rings. The minimum Gasteiger partial charge on any atom is -0.453 e. The van der Waals surface area contributed by atoms with Crippen LogP contribution in [0.2, 0.25) is 0 Å². The average molecular weight is 230 g/mol. The third-order valence-electron chi connectivity index (χ3n) is 2.18. The van der Waals surface area contributed by atoms with Crippen LogP contribution in [0.3, 0.4) is 0 Å². The molecule has 2 rings (SSSR count). The summed E-state index contributed by atoms with van der Waals surface area (Å²) in [4.78, 5) is 21.1. The van der Waals surface area contributed by atoms with E-state index in [2.05, 4.69) is 5.32 Å². The van der Waals surface area contributed by atoms with Crippen molar-refractivity contribution in [2.45, 2.75) is 0 Å². The van der Waals surface area contributed by atoms with Crippen LogP contribution < -0.4 is 11.1 Å². The van der Waals surface area contributed by atoms with Gasteiger partial charge in [0.25, 0.3) is 0 Å². The van der Waals surface area contributed by atoms with Crippen LogP contribution >= 0.6 is 0 Å². The van der Waals surface area contributed by atoms with Crippen LogP contribution in [0.15, 0.2) is 40.8 Å². The number of nitrogens with one attached hydrogen (secondary N) is 1. The maximum absolute atomic E-state index is 10.6. The molecule has 0 aliphatic rings. The summed E-state index contributed by atoms with van der Waals surface area (Å²) >= 11 is 0. The highest BCUT2D eigenvalue weighted by Gasteiger charge is 2.04. The summed E-state index contributed by atoms with van der Waals surface area (Å²) in [5.41, 5.74) is 6.40. The van der Waals surface area contributed by atoms with E-state index in [0.717, 1.165) is 5.56 Å². The van der Waals surface area contributed by atoms with Crippen molar-refractivity contribution in [3.8, 4) is 11.3 Å². The van der Waals surface area contributed by atoms with E-state index in [0.29, 0.717) is 17.7 Å². The number of benzene rings is 1. The lowest BCUT2D eigenvalue weighted by Gasteiger charge is -2.02. The summed E-state index contributed by atoms with van der Waals surface area (Å²) in [5, 5.41) is 2.45. The van der Waals surface area contributed by atoms with Gasteiger partial charge in [-0.1, -0.05) is 0 Å². The Bertz CT molecular complexity index is 543. The van der Waals surface area contributed by atoms with Gasteiger partial charge >= 0.3 is 6.03 Å². The van der Waals surface area contributed by atoms with Crippen LogP contribution in [-0.4, -0.2) is 12.3 Å². The van der Waals surface area contributed by atoms with Crippen LogP contribution in [0.5, 0.6) is 0 Å². The maximum atomic E-state index is 10.6. The number of carbonyl (C=O) groups excluding carboxylic acids is 2. The normalized spacial score (nSPS) is 9.88. The fourth-order valence-electron chi connectivity index (χ4n) is 1.43. The van der Waals surface area contributed by atoms with Gasteiger partial charge in [-0.3, -0.25) is 4.79 Å². The van der Waals surface area contributed by atoms with E-state index in [4.69, 9.17) is 10.2 Å². The number of urea groups is 1. The van der Waals surface area contributed by atoms with Gasteiger partial charge in [0.15, 0.2) is 12.0 Å². The smallest absolute Gasteiger partial charge is 0.316 e. The van der Waals surface area contributed by atoms with E-state index >= 15 is 0 Å². The molecule has 1 aromatic heterocycles. The predicted molar refractivity (Wildman–Crippen MR) is 62.7 cm³/mol. The first-order valence-electron chi connectivity index (χ1n) is 4.91. The zero-order chi connectivity index (χ0) is 12.3. The number of aldehydes is 1. The van der Waals surface area contributed by atoms with Crippen LogP contribution in [0.1, 0.15) is 10.6 Å². The molecule has 2 amide bonds. The van der Waals surface area contributed by atoms with Gasteiger partial charge in [-0.25, -0.2) is 4.79 Å². The Morgan fingerprint density at radius 2 is 1.88 bits per heavy atom. The third kappa shape index (κ3) is 2.52. The van der Waals surface area contributed by atoms with Crippen LogP contribution in [0.4, 0.5) is 10.5 Å². The van der Waals surface area contributed by atoms with Crippen molar-refractivity contribution < 1.29 is 14.0 Å². The Hall–Kier alpha value is -2.56. The second kappa shape index (κ2) is 4.52. The van der Waals surface area contributed by atoms with E-state index < -0.39 is 6.03 Å². The number of rotatable bonds is 3. The van der Waals surface area contributed by atoms with E-state index in [1.807, 2.05) is 0 Å². The summed E-state index contributed by atoms with van der Waals surface area (Å²) in [7, 11) is 0. The molecule has 17 heavy (non-hydrogen) atoms. The minimum absolute atomic E-state index is 0.277. The highest BCUT2D eigenvalue weighted by atomic mass is 16.3. The molecular weight excluding hydrogens is 220 g/mol. The molecule has 0 saturated carbocycles. The molecule has 0 aliphatic carbocycles. The fourth-order valence-corrected chi connectivity index (χ4v) is 1.43. The Balaban J connectivity index is 2.22. The fraction of sp³-hybridized carbons (Fsp3) is 0. The van der Waals surface area contributed by atoms with Gasteiger partial charge in [0, 0.05) is 11.3 Å². The first-order chi connectivity index (χ1) is 8.19.